The number of ketones is 1. The molecule has 0 unspecified atom stereocenters. The standard InChI is InChI=1S/C14H21NO5/c1-13(2,3)20-11(17)10-9(16)8-14(10)4-6-15(7-5-14)12(18)19/h10H,4-8H2,1-3H3,(H,18,19)/t10-/m0/s1. The third-order valence-electron chi connectivity index (χ3n) is 4.13. The predicted octanol–water partition coefficient (Wildman–Crippen LogP) is 1.68. The van der Waals surface area contributed by atoms with E-state index in [2.05, 4.69) is 0 Å². The number of nitrogens with zero attached hydrogens (tertiary/aromatic N) is 1. The summed E-state index contributed by atoms with van der Waals surface area (Å²) in [5.74, 6) is -1.25. The van der Waals surface area contributed by atoms with Gasteiger partial charge in [0.05, 0.1) is 0 Å². The van der Waals surface area contributed by atoms with Gasteiger partial charge in [-0.3, -0.25) is 9.59 Å². The van der Waals surface area contributed by atoms with Gasteiger partial charge >= 0.3 is 12.1 Å². The second-order valence-electron chi connectivity index (χ2n) is 6.74. The second kappa shape index (κ2) is 4.75. The molecule has 0 radical (unpaired) electrons. The van der Waals surface area contributed by atoms with Crippen molar-refractivity contribution < 1.29 is 24.2 Å². The SMILES string of the molecule is CC(C)(C)OC(=O)[C@@H]1C(=O)CC12CCN(C(=O)O)CC2. The number of Topliss-reactive ketones (excluding diaryl/α,β-unsaturated/α-hetero) is 1. The highest BCUT2D eigenvalue weighted by Gasteiger charge is 2.59. The lowest BCUT2D eigenvalue weighted by atomic mass is 9.54. The first-order valence-electron chi connectivity index (χ1n) is 6.88. The molecule has 2 rings (SSSR count). The summed E-state index contributed by atoms with van der Waals surface area (Å²) >= 11 is 0. The molecule has 0 aromatic rings. The van der Waals surface area contributed by atoms with E-state index in [1.807, 2.05) is 0 Å². The minimum Gasteiger partial charge on any atom is -0.465 e. The van der Waals surface area contributed by atoms with Crippen molar-refractivity contribution in [2.75, 3.05) is 13.1 Å². The van der Waals surface area contributed by atoms with Crippen molar-refractivity contribution in [2.45, 2.75) is 45.6 Å². The number of ether oxygens (including phenoxy) is 1. The maximum Gasteiger partial charge on any atom is 0.407 e. The van der Waals surface area contributed by atoms with Crippen LogP contribution in [0.1, 0.15) is 40.0 Å². The highest BCUT2D eigenvalue weighted by molar-refractivity contribution is 6.05. The zero-order chi connectivity index (χ0) is 15.1. The number of amides is 1. The lowest BCUT2D eigenvalue weighted by Crippen LogP contribution is -2.58. The Morgan fingerprint density at radius 2 is 1.85 bits per heavy atom. The average Bonchev–Trinajstić information content (AvgIpc) is 2.25. The largest absolute Gasteiger partial charge is 0.465 e. The second-order valence-corrected chi connectivity index (χ2v) is 6.74. The molecule has 1 saturated carbocycles. The molecule has 1 atom stereocenters. The number of esters is 1. The van der Waals surface area contributed by atoms with Crippen LogP contribution in [0.15, 0.2) is 0 Å². The van der Waals surface area contributed by atoms with Crippen molar-refractivity contribution in [2.24, 2.45) is 11.3 Å². The van der Waals surface area contributed by atoms with Gasteiger partial charge in [0, 0.05) is 24.9 Å². The summed E-state index contributed by atoms with van der Waals surface area (Å²) in [4.78, 5) is 36.2. The highest BCUT2D eigenvalue weighted by Crippen LogP contribution is 2.52. The van der Waals surface area contributed by atoms with Gasteiger partial charge in [0.15, 0.2) is 0 Å². The summed E-state index contributed by atoms with van der Waals surface area (Å²) in [5, 5.41) is 8.95. The van der Waals surface area contributed by atoms with E-state index in [1.165, 1.54) is 4.90 Å². The Labute approximate surface area is 118 Å². The Bertz CT molecular complexity index is 443. The molecule has 112 valence electrons. The number of piperidine rings is 1. The molecule has 20 heavy (non-hydrogen) atoms. The van der Waals surface area contributed by atoms with Gasteiger partial charge in [0.2, 0.25) is 0 Å². The summed E-state index contributed by atoms with van der Waals surface area (Å²) in [7, 11) is 0. The summed E-state index contributed by atoms with van der Waals surface area (Å²) < 4.78 is 5.32. The van der Waals surface area contributed by atoms with Gasteiger partial charge in [-0.05, 0) is 33.6 Å². The Hall–Kier alpha value is -1.59. The van der Waals surface area contributed by atoms with E-state index < -0.39 is 23.6 Å². The summed E-state index contributed by atoms with van der Waals surface area (Å²) in [5.41, 5.74) is -0.999. The minimum absolute atomic E-state index is 0.0805. The topological polar surface area (TPSA) is 83.9 Å². The fraction of sp³-hybridized carbons (Fsp3) is 0.786. The zero-order valence-electron chi connectivity index (χ0n) is 12.1. The van der Waals surface area contributed by atoms with E-state index in [0.717, 1.165) is 0 Å². The molecule has 2 aliphatic rings. The van der Waals surface area contributed by atoms with Crippen LogP contribution in [-0.4, -0.2) is 46.5 Å². The molecular weight excluding hydrogens is 262 g/mol. The lowest BCUT2D eigenvalue weighted by molar-refractivity contribution is -0.179. The van der Waals surface area contributed by atoms with E-state index in [0.29, 0.717) is 32.4 Å². The van der Waals surface area contributed by atoms with Crippen LogP contribution in [0.4, 0.5) is 4.79 Å². The number of carboxylic acid groups (broad SMARTS) is 1. The van der Waals surface area contributed by atoms with Crippen molar-refractivity contribution in [3.63, 3.8) is 0 Å². The molecule has 0 aromatic heterocycles. The Morgan fingerprint density at radius 1 is 1.30 bits per heavy atom. The van der Waals surface area contributed by atoms with Gasteiger partial charge in [-0.15, -0.1) is 0 Å². The Balaban J connectivity index is 2.05. The number of likely N-dealkylation sites (tertiary alicyclic amines) is 1. The van der Waals surface area contributed by atoms with Gasteiger partial charge in [0.25, 0.3) is 0 Å². The molecule has 2 fully saturated rings. The number of carbonyl (C=O) groups is 3. The summed E-state index contributed by atoms with van der Waals surface area (Å²) in [6, 6.07) is 0. The van der Waals surface area contributed by atoms with E-state index in [9.17, 15) is 14.4 Å². The number of hydrogen-bond acceptors (Lipinski definition) is 4. The maximum absolute atomic E-state index is 12.2. The molecule has 1 heterocycles. The van der Waals surface area contributed by atoms with Crippen LogP contribution in [0.25, 0.3) is 0 Å². The molecule has 1 saturated heterocycles. The van der Waals surface area contributed by atoms with Crippen LogP contribution in [0.5, 0.6) is 0 Å². The van der Waals surface area contributed by atoms with Crippen LogP contribution < -0.4 is 0 Å². The first-order chi connectivity index (χ1) is 9.15. The Kier molecular flexibility index (Phi) is 3.52. The van der Waals surface area contributed by atoms with Crippen LogP contribution >= 0.6 is 0 Å². The average molecular weight is 283 g/mol. The smallest absolute Gasteiger partial charge is 0.407 e. The van der Waals surface area contributed by atoms with Crippen molar-refractivity contribution in [3.8, 4) is 0 Å². The van der Waals surface area contributed by atoms with Crippen LogP contribution in [-0.2, 0) is 14.3 Å². The van der Waals surface area contributed by atoms with E-state index in [4.69, 9.17) is 9.84 Å². The lowest BCUT2D eigenvalue weighted by Gasteiger charge is -2.51. The van der Waals surface area contributed by atoms with E-state index in [1.54, 1.807) is 20.8 Å². The highest BCUT2D eigenvalue weighted by atomic mass is 16.6. The van der Waals surface area contributed by atoms with E-state index in [-0.39, 0.29) is 11.2 Å². The van der Waals surface area contributed by atoms with Crippen LogP contribution in [0.2, 0.25) is 0 Å². The third-order valence-corrected chi connectivity index (χ3v) is 4.13. The normalized spacial score (nSPS) is 25.2. The van der Waals surface area contributed by atoms with Gasteiger partial charge in [-0.2, -0.15) is 0 Å². The molecule has 1 aliphatic carbocycles. The minimum atomic E-state index is -0.945. The van der Waals surface area contributed by atoms with Crippen molar-refractivity contribution >= 4 is 17.8 Å². The van der Waals surface area contributed by atoms with Crippen molar-refractivity contribution in [1.29, 1.82) is 0 Å². The zero-order valence-corrected chi connectivity index (χ0v) is 12.1. The first kappa shape index (κ1) is 14.8. The molecule has 1 aliphatic heterocycles. The third kappa shape index (κ3) is 2.64. The van der Waals surface area contributed by atoms with Gasteiger partial charge in [0.1, 0.15) is 17.3 Å². The number of carbonyl (C=O) groups excluding carboxylic acids is 2. The summed E-state index contributed by atoms with van der Waals surface area (Å²) in [6.07, 6.45) is 0.521. The number of hydrogen-bond donors (Lipinski definition) is 1. The van der Waals surface area contributed by atoms with Crippen molar-refractivity contribution in [1.82, 2.24) is 4.90 Å². The monoisotopic (exact) mass is 283 g/mol. The summed E-state index contributed by atoms with van der Waals surface area (Å²) in [6.45, 7) is 6.07. The van der Waals surface area contributed by atoms with Crippen LogP contribution in [0, 0.1) is 11.3 Å². The molecular formula is C14H21NO5. The molecule has 1 amide bonds. The van der Waals surface area contributed by atoms with Crippen molar-refractivity contribution in [3.05, 3.63) is 0 Å². The number of rotatable bonds is 1. The molecule has 0 aromatic carbocycles. The quantitative estimate of drug-likeness (QED) is 0.584. The van der Waals surface area contributed by atoms with Gasteiger partial charge in [-0.25, -0.2) is 4.79 Å². The molecule has 6 nitrogen and oxygen atoms in total. The molecule has 1 spiro atoms. The molecule has 0 bridgehead atoms. The molecule has 1 N–H and O–H groups in total. The first-order valence-corrected chi connectivity index (χ1v) is 6.88. The fourth-order valence-electron chi connectivity index (χ4n) is 3.11. The molecule has 6 heteroatoms. The Morgan fingerprint density at radius 3 is 2.25 bits per heavy atom. The van der Waals surface area contributed by atoms with E-state index >= 15 is 0 Å². The van der Waals surface area contributed by atoms with Crippen LogP contribution in [0.3, 0.4) is 0 Å². The maximum atomic E-state index is 12.2. The predicted molar refractivity (Wildman–Crippen MR) is 70.2 cm³/mol. The fourth-order valence-corrected chi connectivity index (χ4v) is 3.11. The van der Waals surface area contributed by atoms with Gasteiger partial charge in [-0.1, -0.05) is 0 Å². The van der Waals surface area contributed by atoms with Gasteiger partial charge < -0.3 is 14.7 Å².